The number of hydrogen-bond donors (Lipinski definition) is 1. The van der Waals surface area contributed by atoms with E-state index in [1.807, 2.05) is 13.0 Å². The number of nitrogens with zero attached hydrogens (tertiary/aromatic N) is 5. The number of tetrazole rings is 1. The second-order valence-corrected chi connectivity index (χ2v) is 5.18. The minimum Gasteiger partial charge on any atom is -0.485 e. The molecule has 122 valence electrons. The van der Waals surface area contributed by atoms with E-state index in [9.17, 15) is 4.79 Å². The largest absolute Gasteiger partial charge is 0.485 e. The molecule has 1 amide bonds. The number of hydrogen-bond acceptors (Lipinski definition) is 6. The average Bonchev–Trinajstić information content (AvgIpc) is 3.00. The zero-order valence-electron chi connectivity index (χ0n) is 13.3. The molecule has 1 N–H and O–H groups in total. The molecule has 0 bridgehead atoms. The number of carbonyl (C=O) groups excluding carboxylic acids is 1. The van der Waals surface area contributed by atoms with Crippen LogP contribution in [0.1, 0.15) is 21.7 Å². The van der Waals surface area contributed by atoms with E-state index in [1.165, 1.54) is 4.68 Å². The van der Waals surface area contributed by atoms with Crippen LogP contribution in [0, 0.1) is 6.92 Å². The summed E-state index contributed by atoms with van der Waals surface area (Å²) >= 11 is 0. The van der Waals surface area contributed by atoms with E-state index in [0.29, 0.717) is 23.0 Å². The van der Waals surface area contributed by atoms with E-state index in [1.54, 1.807) is 43.6 Å². The summed E-state index contributed by atoms with van der Waals surface area (Å²) < 4.78 is 7.21. The second-order valence-electron chi connectivity index (χ2n) is 5.18. The normalized spacial score (nSPS) is 10.4. The number of aromatic nitrogens is 5. The highest BCUT2D eigenvalue weighted by Crippen LogP contribution is 2.20. The number of carbonyl (C=O) groups is 1. The summed E-state index contributed by atoms with van der Waals surface area (Å²) in [4.78, 5) is 16.6. The maximum absolute atomic E-state index is 12.5. The second kappa shape index (κ2) is 6.86. The Hall–Kier alpha value is -3.29. The lowest BCUT2D eigenvalue weighted by Gasteiger charge is -2.11. The van der Waals surface area contributed by atoms with Crippen LogP contribution >= 0.6 is 0 Å². The third-order valence-electron chi connectivity index (χ3n) is 3.35. The minimum absolute atomic E-state index is 0.163. The lowest BCUT2D eigenvalue weighted by molar-refractivity contribution is 0.102. The predicted octanol–water partition coefficient (Wildman–Crippen LogP) is 1.74. The van der Waals surface area contributed by atoms with Crippen LogP contribution in [-0.2, 0) is 13.7 Å². The van der Waals surface area contributed by atoms with Crippen LogP contribution in [0.4, 0.5) is 5.82 Å². The van der Waals surface area contributed by atoms with Crippen LogP contribution < -0.4 is 10.1 Å². The van der Waals surface area contributed by atoms with E-state index < -0.39 is 0 Å². The Bertz CT molecular complexity index is 844. The molecule has 0 spiro atoms. The molecule has 0 aliphatic carbocycles. The zero-order chi connectivity index (χ0) is 16.9. The third-order valence-corrected chi connectivity index (χ3v) is 3.35. The molecular formula is C16H16N6O2. The molecule has 0 saturated heterocycles. The van der Waals surface area contributed by atoms with Gasteiger partial charge in [0, 0.05) is 13.2 Å². The lowest BCUT2D eigenvalue weighted by atomic mass is 10.2. The molecule has 8 nitrogen and oxygen atoms in total. The molecule has 0 unspecified atom stereocenters. The van der Waals surface area contributed by atoms with Gasteiger partial charge in [-0.1, -0.05) is 18.2 Å². The summed E-state index contributed by atoms with van der Waals surface area (Å²) in [6.07, 6.45) is 1.69. The Labute approximate surface area is 138 Å². The number of pyridine rings is 1. The molecule has 0 atom stereocenters. The molecule has 0 radical (unpaired) electrons. The van der Waals surface area contributed by atoms with Gasteiger partial charge in [-0.15, -0.1) is 5.10 Å². The highest BCUT2D eigenvalue weighted by Gasteiger charge is 2.14. The van der Waals surface area contributed by atoms with Crippen molar-refractivity contribution in [3.63, 3.8) is 0 Å². The van der Waals surface area contributed by atoms with Gasteiger partial charge in [-0.05, 0) is 41.1 Å². The fraction of sp³-hybridized carbons (Fsp3) is 0.188. The number of anilines is 1. The topological polar surface area (TPSA) is 94.8 Å². The van der Waals surface area contributed by atoms with Crippen molar-refractivity contribution in [3.8, 4) is 5.75 Å². The summed E-state index contributed by atoms with van der Waals surface area (Å²) in [6, 6.07) is 10.6. The first kappa shape index (κ1) is 15.6. The Balaban J connectivity index is 1.74. The van der Waals surface area contributed by atoms with Gasteiger partial charge in [0.1, 0.15) is 18.2 Å². The highest BCUT2D eigenvalue weighted by molar-refractivity contribution is 6.05. The first-order valence-electron chi connectivity index (χ1n) is 7.30. The number of amides is 1. The smallest absolute Gasteiger partial charge is 0.260 e. The average molecular weight is 324 g/mol. The maximum atomic E-state index is 12.5. The van der Waals surface area contributed by atoms with Crippen LogP contribution in [0.5, 0.6) is 5.75 Å². The Morgan fingerprint density at radius 1 is 1.25 bits per heavy atom. The number of rotatable bonds is 5. The number of ether oxygens (including phenoxy) is 1. The molecule has 0 aliphatic heterocycles. The van der Waals surface area contributed by atoms with Crippen molar-refractivity contribution >= 4 is 11.7 Å². The first-order chi connectivity index (χ1) is 11.6. The number of benzene rings is 1. The van der Waals surface area contributed by atoms with Crippen molar-refractivity contribution in [2.75, 3.05) is 5.32 Å². The van der Waals surface area contributed by atoms with Crippen LogP contribution in [0.3, 0.4) is 0 Å². The molecule has 1 aromatic carbocycles. The van der Waals surface area contributed by atoms with Gasteiger partial charge in [-0.3, -0.25) is 4.79 Å². The van der Waals surface area contributed by atoms with Gasteiger partial charge >= 0.3 is 0 Å². The summed E-state index contributed by atoms with van der Waals surface area (Å²) in [5, 5.41) is 13.9. The van der Waals surface area contributed by atoms with Crippen molar-refractivity contribution in [3.05, 3.63) is 59.5 Å². The SMILES string of the molecule is Cc1ccc(NC(=O)c2ccccc2OCc2nnnn2C)nc1. The van der Waals surface area contributed by atoms with Gasteiger partial charge in [0.15, 0.2) is 5.82 Å². The van der Waals surface area contributed by atoms with E-state index >= 15 is 0 Å². The van der Waals surface area contributed by atoms with Crippen molar-refractivity contribution in [1.29, 1.82) is 0 Å². The van der Waals surface area contributed by atoms with Crippen molar-refractivity contribution < 1.29 is 9.53 Å². The molecule has 2 heterocycles. The van der Waals surface area contributed by atoms with E-state index in [4.69, 9.17) is 4.74 Å². The van der Waals surface area contributed by atoms with Gasteiger partial charge in [0.25, 0.3) is 5.91 Å². The van der Waals surface area contributed by atoms with Crippen LogP contribution in [0.2, 0.25) is 0 Å². The quantitative estimate of drug-likeness (QED) is 0.768. The molecule has 0 aliphatic rings. The fourth-order valence-electron chi connectivity index (χ4n) is 2.02. The number of para-hydroxylation sites is 1. The highest BCUT2D eigenvalue weighted by atomic mass is 16.5. The Morgan fingerprint density at radius 3 is 2.79 bits per heavy atom. The fourth-order valence-corrected chi connectivity index (χ4v) is 2.02. The number of aryl methyl sites for hydroxylation is 2. The maximum Gasteiger partial charge on any atom is 0.260 e. The Kier molecular flexibility index (Phi) is 4.46. The number of nitrogens with one attached hydrogen (secondary N) is 1. The van der Waals surface area contributed by atoms with Gasteiger partial charge in [-0.25, -0.2) is 9.67 Å². The van der Waals surface area contributed by atoms with E-state index in [-0.39, 0.29) is 12.5 Å². The van der Waals surface area contributed by atoms with Crippen LogP contribution in [0.15, 0.2) is 42.6 Å². The third kappa shape index (κ3) is 3.54. The molecule has 8 heteroatoms. The minimum atomic E-state index is -0.293. The van der Waals surface area contributed by atoms with Gasteiger partial charge in [-0.2, -0.15) is 0 Å². The lowest BCUT2D eigenvalue weighted by Crippen LogP contribution is -2.15. The molecule has 3 rings (SSSR count). The van der Waals surface area contributed by atoms with Crippen LogP contribution in [0.25, 0.3) is 0 Å². The molecule has 3 aromatic rings. The summed E-state index contributed by atoms with van der Waals surface area (Å²) in [7, 11) is 1.72. The van der Waals surface area contributed by atoms with E-state index in [0.717, 1.165) is 5.56 Å². The Morgan fingerprint density at radius 2 is 2.08 bits per heavy atom. The monoisotopic (exact) mass is 324 g/mol. The summed E-state index contributed by atoms with van der Waals surface area (Å²) in [5.41, 5.74) is 1.43. The molecule has 0 saturated carbocycles. The molecular weight excluding hydrogens is 308 g/mol. The van der Waals surface area contributed by atoms with Gasteiger partial charge in [0.05, 0.1) is 5.56 Å². The van der Waals surface area contributed by atoms with Crippen molar-refractivity contribution in [1.82, 2.24) is 25.2 Å². The standard InChI is InChI=1S/C16H16N6O2/c1-11-7-8-14(17-9-11)18-16(23)12-5-3-4-6-13(12)24-10-15-19-20-21-22(15)2/h3-9H,10H2,1-2H3,(H,17,18,23). The van der Waals surface area contributed by atoms with Gasteiger partial charge in [0.2, 0.25) is 0 Å². The predicted molar refractivity (Wildman–Crippen MR) is 86.5 cm³/mol. The van der Waals surface area contributed by atoms with Crippen molar-refractivity contribution in [2.45, 2.75) is 13.5 Å². The summed E-state index contributed by atoms with van der Waals surface area (Å²) in [5.74, 6) is 1.20. The van der Waals surface area contributed by atoms with Gasteiger partial charge < -0.3 is 10.1 Å². The molecule has 24 heavy (non-hydrogen) atoms. The molecule has 0 fully saturated rings. The van der Waals surface area contributed by atoms with E-state index in [2.05, 4.69) is 25.8 Å². The summed E-state index contributed by atoms with van der Waals surface area (Å²) in [6.45, 7) is 2.10. The molecule has 2 aromatic heterocycles. The van der Waals surface area contributed by atoms with Crippen LogP contribution in [-0.4, -0.2) is 31.1 Å². The zero-order valence-corrected chi connectivity index (χ0v) is 13.3. The van der Waals surface area contributed by atoms with Crippen molar-refractivity contribution in [2.24, 2.45) is 7.05 Å². The first-order valence-corrected chi connectivity index (χ1v) is 7.30.